The van der Waals surface area contributed by atoms with Gasteiger partial charge in [-0.1, -0.05) is 52.8 Å². The molecule has 0 bridgehead atoms. The van der Waals surface area contributed by atoms with Gasteiger partial charge in [-0.15, -0.1) is 0 Å². The molecule has 18 heavy (non-hydrogen) atoms. The molecule has 1 fully saturated rings. The lowest BCUT2D eigenvalue weighted by molar-refractivity contribution is 0.0619. The van der Waals surface area contributed by atoms with Gasteiger partial charge < -0.3 is 5.11 Å². The summed E-state index contributed by atoms with van der Waals surface area (Å²) in [7, 11) is 0. The highest BCUT2D eigenvalue weighted by atomic mass is 79.9. The highest BCUT2D eigenvalue weighted by Gasteiger charge is 2.25. The van der Waals surface area contributed by atoms with Crippen molar-refractivity contribution in [3.05, 3.63) is 47.0 Å². The molecular weight excluding hydrogens is 290 g/mol. The molecule has 98 valence electrons. The number of hydrogen-bond donors (Lipinski definition) is 1. The lowest BCUT2D eigenvalue weighted by Gasteiger charge is -2.34. The summed E-state index contributed by atoms with van der Waals surface area (Å²) in [5.74, 6) is 0.382. The first-order valence-corrected chi connectivity index (χ1v) is 7.25. The fourth-order valence-corrected chi connectivity index (χ4v) is 2.95. The maximum Gasteiger partial charge on any atom is 0.0819 e. The van der Waals surface area contributed by atoms with E-state index < -0.39 is 0 Å². The van der Waals surface area contributed by atoms with Gasteiger partial charge in [0.1, 0.15) is 0 Å². The summed E-state index contributed by atoms with van der Waals surface area (Å²) in [6, 6.07) is 9.99. The molecule has 1 saturated heterocycles. The molecule has 3 heteroatoms. The number of benzene rings is 1. The van der Waals surface area contributed by atoms with Gasteiger partial charge in [0.25, 0.3) is 0 Å². The zero-order valence-electron chi connectivity index (χ0n) is 10.6. The van der Waals surface area contributed by atoms with Crippen LogP contribution in [0.5, 0.6) is 0 Å². The number of aliphatic hydroxyl groups is 1. The Morgan fingerprint density at radius 2 is 1.94 bits per heavy atom. The highest BCUT2D eigenvalue weighted by Crippen LogP contribution is 2.30. The number of nitrogens with zero attached hydrogens (tertiary/aromatic N) is 1. The normalized spacial score (nSPS) is 19.7. The quantitative estimate of drug-likeness (QED) is 0.922. The van der Waals surface area contributed by atoms with E-state index in [1.54, 1.807) is 0 Å². The topological polar surface area (TPSA) is 23.5 Å². The van der Waals surface area contributed by atoms with Gasteiger partial charge >= 0.3 is 0 Å². The van der Waals surface area contributed by atoms with Crippen molar-refractivity contribution in [1.82, 2.24) is 4.90 Å². The largest absolute Gasteiger partial charge is 0.388 e. The van der Waals surface area contributed by atoms with E-state index in [4.69, 9.17) is 0 Å². The lowest BCUT2D eigenvalue weighted by atomic mass is 9.87. The Kier molecular flexibility index (Phi) is 4.98. The van der Waals surface area contributed by atoms with Crippen LogP contribution in [0, 0.1) is 5.92 Å². The Morgan fingerprint density at radius 1 is 1.33 bits per heavy atom. The molecule has 0 aliphatic carbocycles. The second-order valence-electron chi connectivity index (χ2n) is 4.99. The molecule has 0 amide bonds. The minimum Gasteiger partial charge on any atom is -0.388 e. The van der Waals surface area contributed by atoms with Gasteiger partial charge in [0.15, 0.2) is 0 Å². The average Bonchev–Trinajstić information content (AvgIpc) is 2.39. The molecule has 1 aliphatic heterocycles. The maximum atomic E-state index is 10.4. The first-order valence-electron chi connectivity index (χ1n) is 6.45. The summed E-state index contributed by atoms with van der Waals surface area (Å²) in [4.78, 5) is 2.38. The molecule has 1 heterocycles. The summed E-state index contributed by atoms with van der Waals surface area (Å²) in [5.41, 5.74) is 1.04. The molecule has 1 aromatic rings. The van der Waals surface area contributed by atoms with E-state index in [-0.39, 0.29) is 6.10 Å². The molecule has 2 rings (SSSR count). The van der Waals surface area contributed by atoms with Crippen molar-refractivity contribution in [1.29, 1.82) is 0 Å². The molecular formula is C15H20BrNO. The smallest absolute Gasteiger partial charge is 0.0819 e. The van der Waals surface area contributed by atoms with E-state index in [0.717, 1.165) is 42.5 Å². The molecule has 2 nitrogen and oxygen atoms in total. The Labute approximate surface area is 117 Å². The van der Waals surface area contributed by atoms with Crippen LogP contribution < -0.4 is 0 Å². The van der Waals surface area contributed by atoms with Gasteiger partial charge in [0, 0.05) is 11.0 Å². The third kappa shape index (κ3) is 3.67. The fourth-order valence-electron chi connectivity index (χ4n) is 2.59. The van der Waals surface area contributed by atoms with Crippen molar-refractivity contribution in [2.75, 3.05) is 19.6 Å². The lowest BCUT2D eigenvalue weighted by Crippen LogP contribution is -2.36. The summed E-state index contributed by atoms with van der Waals surface area (Å²) in [5, 5.41) is 10.4. The van der Waals surface area contributed by atoms with Crippen LogP contribution in [0.25, 0.3) is 0 Å². The molecule has 1 unspecified atom stereocenters. The van der Waals surface area contributed by atoms with Gasteiger partial charge in [0.05, 0.1) is 6.10 Å². The van der Waals surface area contributed by atoms with Crippen LogP contribution in [-0.2, 0) is 0 Å². The predicted octanol–water partition coefficient (Wildman–Crippen LogP) is 3.34. The van der Waals surface area contributed by atoms with E-state index in [2.05, 4.69) is 27.4 Å². The van der Waals surface area contributed by atoms with Gasteiger partial charge in [-0.2, -0.15) is 0 Å². The molecule has 0 radical (unpaired) electrons. The molecule has 0 aromatic heterocycles. The Hall–Kier alpha value is -0.640. The van der Waals surface area contributed by atoms with Crippen LogP contribution in [0.1, 0.15) is 24.5 Å². The predicted molar refractivity (Wildman–Crippen MR) is 78.6 cm³/mol. The maximum absolute atomic E-state index is 10.4. The van der Waals surface area contributed by atoms with Crippen molar-refractivity contribution >= 4 is 15.9 Å². The van der Waals surface area contributed by atoms with Crippen LogP contribution in [0.3, 0.4) is 0 Å². The minimum atomic E-state index is -0.319. The van der Waals surface area contributed by atoms with Crippen molar-refractivity contribution in [3.63, 3.8) is 0 Å². The van der Waals surface area contributed by atoms with E-state index in [0.29, 0.717) is 5.92 Å². The van der Waals surface area contributed by atoms with Gasteiger partial charge in [0.2, 0.25) is 0 Å². The highest BCUT2D eigenvalue weighted by molar-refractivity contribution is 9.11. The first kappa shape index (κ1) is 13.8. The fraction of sp³-hybridized carbons (Fsp3) is 0.467. The zero-order chi connectivity index (χ0) is 13.0. The van der Waals surface area contributed by atoms with E-state index in [1.807, 2.05) is 30.3 Å². The van der Waals surface area contributed by atoms with E-state index >= 15 is 0 Å². The Balaban J connectivity index is 1.88. The Morgan fingerprint density at radius 3 is 2.50 bits per heavy atom. The molecule has 0 saturated carbocycles. The minimum absolute atomic E-state index is 0.319. The molecule has 1 atom stereocenters. The zero-order valence-corrected chi connectivity index (χ0v) is 12.1. The average molecular weight is 310 g/mol. The van der Waals surface area contributed by atoms with Crippen molar-refractivity contribution in [2.45, 2.75) is 18.9 Å². The molecule has 1 N–H and O–H groups in total. The first-order chi connectivity index (χ1) is 8.66. The number of likely N-dealkylation sites (tertiary alicyclic amines) is 1. The number of halogens is 1. The second kappa shape index (κ2) is 6.50. The number of piperidine rings is 1. The van der Waals surface area contributed by atoms with E-state index in [1.165, 1.54) is 0 Å². The van der Waals surface area contributed by atoms with Crippen molar-refractivity contribution in [2.24, 2.45) is 5.92 Å². The van der Waals surface area contributed by atoms with Crippen LogP contribution >= 0.6 is 15.9 Å². The van der Waals surface area contributed by atoms with Crippen molar-refractivity contribution < 1.29 is 5.11 Å². The monoisotopic (exact) mass is 309 g/mol. The standard InChI is InChI=1S/C15H20BrNO/c1-12(16)11-17-9-7-14(8-10-17)15(18)13-5-3-2-4-6-13/h2-6,14-15,18H,1,7-11H2. The van der Waals surface area contributed by atoms with Crippen LogP contribution in [0.2, 0.25) is 0 Å². The number of rotatable bonds is 4. The molecule has 0 spiro atoms. The van der Waals surface area contributed by atoms with Gasteiger partial charge in [-0.25, -0.2) is 0 Å². The molecule has 1 aromatic carbocycles. The second-order valence-corrected chi connectivity index (χ2v) is 6.11. The summed E-state index contributed by atoms with van der Waals surface area (Å²) < 4.78 is 1.03. The summed E-state index contributed by atoms with van der Waals surface area (Å²) >= 11 is 3.41. The third-order valence-corrected chi connectivity index (χ3v) is 3.87. The van der Waals surface area contributed by atoms with Crippen LogP contribution in [0.4, 0.5) is 0 Å². The summed E-state index contributed by atoms with van der Waals surface area (Å²) in [6.45, 7) is 6.87. The van der Waals surface area contributed by atoms with Crippen LogP contribution in [0.15, 0.2) is 41.4 Å². The van der Waals surface area contributed by atoms with Crippen molar-refractivity contribution in [3.8, 4) is 0 Å². The van der Waals surface area contributed by atoms with Crippen LogP contribution in [-0.4, -0.2) is 29.6 Å². The summed E-state index contributed by atoms with van der Waals surface area (Å²) in [6.07, 6.45) is 1.78. The number of aliphatic hydroxyl groups excluding tert-OH is 1. The number of hydrogen-bond acceptors (Lipinski definition) is 2. The SMILES string of the molecule is C=C(Br)CN1CCC(C(O)c2ccccc2)CC1. The third-order valence-electron chi connectivity index (χ3n) is 3.62. The Bertz CT molecular complexity index is 385. The van der Waals surface area contributed by atoms with Gasteiger partial charge in [-0.05, 0) is 37.4 Å². The van der Waals surface area contributed by atoms with E-state index in [9.17, 15) is 5.11 Å². The van der Waals surface area contributed by atoms with Gasteiger partial charge in [-0.3, -0.25) is 4.90 Å². The molecule has 1 aliphatic rings.